The summed E-state index contributed by atoms with van der Waals surface area (Å²) in [7, 11) is 0. The molecule has 144 valence electrons. The molecule has 2 aliphatic rings. The smallest absolute Gasteiger partial charge is 0.411 e. The molecule has 4 nitrogen and oxygen atoms in total. The number of anilines is 1. The van der Waals surface area contributed by atoms with E-state index in [9.17, 15) is 18.7 Å². The number of hydrogen-bond donors (Lipinski definition) is 2. The fourth-order valence-corrected chi connectivity index (χ4v) is 5.33. The van der Waals surface area contributed by atoms with Crippen molar-refractivity contribution < 1.29 is 18.7 Å². The van der Waals surface area contributed by atoms with E-state index < -0.39 is 17.7 Å². The highest BCUT2D eigenvalue weighted by Gasteiger charge is 2.35. The molecule has 1 aromatic carbocycles. The Morgan fingerprint density at radius 2 is 1.96 bits per heavy atom. The van der Waals surface area contributed by atoms with Crippen LogP contribution in [0.25, 0.3) is 0 Å². The van der Waals surface area contributed by atoms with E-state index in [1.54, 1.807) is 6.07 Å². The molecule has 7 heteroatoms. The normalized spacial score (nSPS) is 24.1. The number of rotatable bonds is 5. The van der Waals surface area contributed by atoms with Gasteiger partial charge in [0.25, 0.3) is 0 Å². The lowest BCUT2D eigenvalue weighted by Gasteiger charge is -2.32. The Bertz CT molecular complexity index is 829. The Hall–Kier alpha value is -1.99. The van der Waals surface area contributed by atoms with Crippen LogP contribution in [0.5, 0.6) is 0 Å². The van der Waals surface area contributed by atoms with Crippen LogP contribution in [0.2, 0.25) is 0 Å². The average Bonchev–Trinajstić information content (AvgIpc) is 3.22. The summed E-state index contributed by atoms with van der Waals surface area (Å²) in [5.74, 6) is -1.43. The minimum absolute atomic E-state index is 0.178. The molecular weight excluding hydrogens is 370 g/mol. The van der Waals surface area contributed by atoms with Crippen molar-refractivity contribution in [1.82, 2.24) is 5.32 Å². The van der Waals surface area contributed by atoms with Gasteiger partial charge in [0.15, 0.2) is 11.6 Å². The van der Waals surface area contributed by atoms with Gasteiger partial charge in [-0.25, -0.2) is 13.6 Å². The first-order valence-electron chi connectivity index (χ1n) is 9.27. The molecule has 2 unspecified atom stereocenters. The maximum absolute atomic E-state index is 14.0. The molecule has 2 fully saturated rings. The molecule has 4 rings (SSSR count). The van der Waals surface area contributed by atoms with Gasteiger partial charge in [-0.15, -0.1) is 11.3 Å². The largest absolute Gasteiger partial charge is 0.465 e. The number of fused-ring (bicyclic) bond motifs is 2. The second kappa shape index (κ2) is 7.56. The van der Waals surface area contributed by atoms with Crippen LogP contribution < -0.4 is 10.2 Å². The van der Waals surface area contributed by atoms with Crippen molar-refractivity contribution >= 4 is 23.1 Å². The summed E-state index contributed by atoms with van der Waals surface area (Å²) < 4.78 is 27.5. The van der Waals surface area contributed by atoms with Gasteiger partial charge in [-0.3, -0.25) is 4.90 Å². The monoisotopic (exact) mass is 392 g/mol. The van der Waals surface area contributed by atoms with E-state index in [0.717, 1.165) is 36.6 Å². The Labute approximate surface area is 160 Å². The minimum atomic E-state index is -1.000. The summed E-state index contributed by atoms with van der Waals surface area (Å²) in [6, 6.07) is 6.85. The topological polar surface area (TPSA) is 52.6 Å². The number of nitrogens with one attached hydrogen (secondary N) is 1. The third-order valence-electron chi connectivity index (χ3n) is 5.64. The number of piperidine rings is 1. The van der Waals surface area contributed by atoms with Crippen molar-refractivity contribution in [3.05, 3.63) is 51.7 Å². The summed E-state index contributed by atoms with van der Waals surface area (Å²) in [5, 5.41) is 15.2. The molecule has 1 aromatic heterocycles. The van der Waals surface area contributed by atoms with Crippen LogP contribution in [0.4, 0.5) is 19.3 Å². The highest BCUT2D eigenvalue weighted by molar-refractivity contribution is 7.10. The molecule has 0 radical (unpaired) electrons. The van der Waals surface area contributed by atoms with Crippen molar-refractivity contribution in [2.75, 3.05) is 11.4 Å². The van der Waals surface area contributed by atoms with Gasteiger partial charge in [-0.1, -0.05) is 12.1 Å². The summed E-state index contributed by atoms with van der Waals surface area (Å²) in [4.78, 5) is 14.1. The number of halogens is 2. The zero-order valence-electron chi connectivity index (χ0n) is 14.8. The Kier molecular flexibility index (Phi) is 5.14. The molecule has 2 bridgehead atoms. The third-order valence-corrected chi connectivity index (χ3v) is 6.55. The highest BCUT2D eigenvalue weighted by Crippen LogP contribution is 2.35. The predicted octanol–water partition coefficient (Wildman–Crippen LogP) is 4.63. The molecule has 3 heterocycles. The van der Waals surface area contributed by atoms with E-state index in [0.29, 0.717) is 30.2 Å². The maximum atomic E-state index is 14.0. The zero-order valence-corrected chi connectivity index (χ0v) is 15.6. The minimum Gasteiger partial charge on any atom is -0.465 e. The van der Waals surface area contributed by atoms with Gasteiger partial charge in [0.2, 0.25) is 0 Å². The summed E-state index contributed by atoms with van der Waals surface area (Å²) in [6.45, 7) is 0.444. The Balaban J connectivity index is 1.54. The van der Waals surface area contributed by atoms with Crippen molar-refractivity contribution in [2.24, 2.45) is 5.92 Å². The lowest BCUT2D eigenvalue weighted by atomic mass is 9.92. The van der Waals surface area contributed by atoms with E-state index in [-0.39, 0.29) is 12.0 Å². The summed E-state index contributed by atoms with van der Waals surface area (Å²) in [6.07, 6.45) is 3.47. The fraction of sp³-hybridized carbons (Fsp3) is 0.450. The van der Waals surface area contributed by atoms with E-state index in [1.165, 1.54) is 28.4 Å². The van der Waals surface area contributed by atoms with Crippen LogP contribution in [0.15, 0.2) is 29.6 Å². The average molecular weight is 392 g/mol. The van der Waals surface area contributed by atoms with Gasteiger partial charge >= 0.3 is 6.09 Å². The number of amides is 1. The quantitative estimate of drug-likeness (QED) is 0.780. The standard InChI is InChI=1S/C20H22F2N2O2S/c21-16-3-1-2-13(19(16)22)10-18-17(6-7-27-18)24(20(25)26)11-12-8-14-4-5-15(9-12)23-14/h1-3,6-7,12,14-15,23H,4-5,8-11H2,(H,25,26). The predicted molar refractivity (Wildman–Crippen MR) is 102 cm³/mol. The Morgan fingerprint density at radius 3 is 2.67 bits per heavy atom. The van der Waals surface area contributed by atoms with Crippen molar-refractivity contribution in [2.45, 2.75) is 44.2 Å². The van der Waals surface area contributed by atoms with Crippen molar-refractivity contribution in [3.63, 3.8) is 0 Å². The lowest BCUT2D eigenvalue weighted by molar-refractivity contribution is 0.198. The van der Waals surface area contributed by atoms with Gasteiger partial charge in [0, 0.05) is 29.9 Å². The first-order chi connectivity index (χ1) is 13.0. The van der Waals surface area contributed by atoms with Gasteiger partial charge in [-0.2, -0.15) is 0 Å². The van der Waals surface area contributed by atoms with Gasteiger partial charge in [-0.05, 0) is 54.7 Å². The van der Waals surface area contributed by atoms with E-state index in [1.807, 2.05) is 5.38 Å². The van der Waals surface area contributed by atoms with Crippen molar-refractivity contribution in [1.29, 1.82) is 0 Å². The Morgan fingerprint density at radius 1 is 1.22 bits per heavy atom. The lowest BCUT2D eigenvalue weighted by Crippen LogP contribution is -2.43. The molecule has 27 heavy (non-hydrogen) atoms. The first kappa shape index (κ1) is 18.4. The molecule has 2 N–H and O–H groups in total. The van der Waals surface area contributed by atoms with Crippen LogP contribution >= 0.6 is 11.3 Å². The van der Waals surface area contributed by atoms with Crippen LogP contribution in [0, 0.1) is 17.6 Å². The third kappa shape index (κ3) is 3.84. The first-order valence-corrected chi connectivity index (χ1v) is 10.1. The molecular formula is C20H22F2N2O2S. The van der Waals surface area contributed by atoms with E-state index in [4.69, 9.17) is 0 Å². The van der Waals surface area contributed by atoms with Gasteiger partial charge in [0.1, 0.15) is 0 Å². The molecule has 0 saturated carbocycles. The number of thiophene rings is 1. The second-order valence-corrected chi connectivity index (χ2v) is 8.49. The molecule has 0 aliphatic carbocycles. The maximum Gasteiger partial charge on any atom is 0.411 e. The summed E-state index contributed by atoms with van der Waals surface area (Å²) >= 11 is 1.37. The van der Waals surface area contributed by atoms with Gasteiger partial charge in [0.05, 0.1) is 5.69 Å². The molecule has 2 aliphatic heterocycles. The molecule has 2 saturated heterocycles. The number of benzene rings is 1. The number of nitrogens with zero attached hydrogens (tertiary/aromatic N) is 1. The van der Waals surface area contributed by atoms with Crippen LogP contribution in [-0.4, -0.2) is 29.8 Å². The van der Waals surface area contributed by atoms with Crippen LogP contribution in [0.1, 0.15) is 36.1 Å². The van der Waals surface area contributed by atoms with Crippen molar-refractivity contribution in [3.8, 4) is 0 Å². The van der Waals surface area contributed by atoms with E-state index >= 15 is 0 Å². The highest BCUT2D eigenvalue weighted by atomic mass is 32.1. The fourth-order valence-electron chi connectivity index (χ4n) is 4.43. The summed E-state index contributed by atoms with van der Waals surface area (Å²) in [5.41, 5.74) is 0.825. The van der Waals surface area contributed by atoms with Crippen LogP contribution in [0.3, 0.4) is 0 Å². The molecule has 1 amide bonds. The number of carboxylic acid groups (broad SMARTS) is 1. The zero-order chi connectivity index (χ0) is 19.0. The number of carbonyl (C=O) groups is 1. The van der Waals surface area contributed by atoms with Gasteiger partial charge < -0.3 is 10.4 Å². The molecule has 2 atom stereocenters. The van der Waals surface area contributed by atoms with Crippen LogP contribution in [-0.2, 0) is 6.42 Å². The second-order valence-electron chi connectivity index (χ2n) is 7.49. The SMILES string of the molecule is O=C(O)N(CC1CC2CCC(C1)N2)c1ccsc1Cc1cccc(F)c1F. The number of hydrogen-bond acceptors (Lipinski definition) is 3. The molecule has 2 aromatic rings. The van der Waals surface area contributed by atoms with E-state index in [2.05, 4.69) is 5.32 Å². The molecule has 0 spiro atoms.